The van der Waals surface area contributed by atoms with Crippen LogP contribution in [0.4, 0.5) is 0 Å². The Kier molecular flexibility index (Phi) is 4.70. The number of β-amino-alcohol motifs (C(OH)–C–C–N with tert-alkyl or cyclic N) is 1. The molecule has 0 amide bonds. The van der Waals surface area contributed by atoms with Gasteiger partial charge in [-0.1, -0.05) is 25.9 Å². The van der Waals surface area contributed by atoms with Crippen LogP contribution in [0.25, 0.3) is 0 Å². The maximum Gasteiger partial charge on any atom is 0.240 e. The Bertz CT molecular complexity index is 451. The van der Waals surface area contributed by atoms with Gasteiger partial charge in [0.05, 0.1) is 12.1 Å². The second-order valence-corrected chi connectivity index (χ2v) is 7.63. The summed E-state index contributed by atoms with van der Waals surface area (Å²) in [6.45, 7) is 15.2. The number of piperazine rings is 1. The minimum absolute atomic E-state index is 0.0762. The van der Waals surface area contributed by atoms with Crippen molar-refractivity contribution in [2.24, 2.45) is 0 Å². The third-order valence-corrected chi connectivity index (χ3v) is 3.57. The molecule has 0 radical (unpaired) electrons. The van der Waals surface area contributed by atoms with Crippen molar-refractivity contribution in [2.45, 2.75) is 52.2 Å². The molecule has 0 aliphatic carbocycles. The van der Waals surface area contributed by atoms with Crippen LogP contribution < -0.4 is 0 Å². The van der Waals surface area contributed by atoms with Gasteiger partial charge in [-0.15, -0.1) is 0 Å². The summed E-state index contributed by atoms with van der Waals surface area (Å²) < 4.78 is 5.34. The zero-order chi connectivity index (χ0) is 15.7. The molecule has 1 saturated heterocycles. The van der Waals surface area contributed by atoms with E-state index in [1.54, 1.807) is 0 Å². The van der Waals surface area contributed by atoms with Crippen molar-refractivity contribution in [1.82, 2.24) is 19.9 Å². The molecule has 0 unspecified atom stereocenters. The zero-order valence-electron chi connectivity index (χ0n) is 13.9. The number of rotatable bonds is 4. The molecule has 6 heteroatoms. The Morgan fingerprint density at radius 3 is 2.10 bits per heavy atom. The van der Waals surface area contributed by atoms with Gasteiger partial charge in [0.15, 0.2) is 5.82 Å². The Labute approximate surface area is 127 Å². The van der Waals surface area contributed by atoms with Crippen molar-refractivity contribution < 1.29 is 9.63 Å². The Hall–Kier alpha value is -0.980. The van der Waals surface area contributed by atoms with Crippen molar-refractivity contribution >= 4 is 0 Å². The molecule has 6 nitrogen and oxygen atoms in total. The second kappa shape index (κ2) is 6.02. The highest BCUT2D eigenvalue weighted by atomic mass is 16.5. The lowest BCUT2D eigenvalue weighted by atomic mass is 9.96. The first-order chi connectivity index (χ1) is 9.63. The fourth-order valence-electron chi connectivity index (χ4n) is 2.47. The highest BCUT2D eigenvalue weighted by molar-refractivity contribution is 5.00. The molecular weight excluding hydrogens is 268 g/mol. The number of aromatic nitrogens is 2. The fourth-order valence-corrected chi connectivity index (χ4v) is 2.47. The van der Waals surface area contributed by atoms with Gasteiger partial charge < -0.3 is 9.63 Å². The topological polar surface area (TPSA) is 65.6 Å². The quantitative estimate of drug-likeness (QED) is 0.902. The Morgan fingerprint density at radius 2 is 1.62 bits per heavy atom. The monoisotopic (exact) mass is 296 g/mol. The normalized spacial score (nSPS) is 19.1. The molecule has 1 aliphatic rings. The third kappa shape index (κ3) is 5.05. The van der Waals surface area contributed by atoms with E-state index in [-0.39, 0.29) is 5.41 Å². The van der Waals surface area contributed by atoms with E-state index in [1.807, 2.05) is 13.8 Å². The van der Waals surface area contributed by atoms with Crippen LogP contribution in [0.1, 0.15) is 46.3 Å². The van der Waals surface area contributed by atoms with Crippen LogP contribution in [0.15, 0.2) is 4.52 Å². The van der Waals surface area contributed by atoms with Crippen LogP contribution in [-0.4, -0.2) is 63.4 Å². The lowest BCUT2D eigenvalue weighted by molar-refractivity contribution is 0.0153. The molecule has 1 aliphatic heterocycles. The van der Waals surface area contributed by atoms with Crippen molar-refractivity contribution in [1.29, 1.82) is 0 Å². The SMILES string of the molecule is CC(C)(O)CN1CCN(Cc2nc(C(C)(C)C)no2)CC1. The number of hydrogen-bond acceptors (Lipinski definition) is 6. The molecule has 0 spiro atoms. The van der Waals surface area contributed by atoms with Gasteiger partial charge in [0, 0.05) is 38.1 Å². The molecule has 0 aromatic carbocycles. The van der Waals surface area contributed by atoms with Crippen molar-refractivity contribution in [2.75, 3.05) is 32.7 Å². The van der Waals surface area contributed by atoms with E-state index in [0.717, 1.165) is 38.5 Å². The summed E-state index contributed by atoms with van der Waals surface area (Å²) in [5.74, 6) is 1.45. The van der Waals surface area contributed by atoms with Gasteiger partial charge in [-0.2, -0.15) is 4.98 Å². The summed E-state index contributed by atoms with van der Waals surface area (Å²) in [6, 6.07) is 0. The first-order valence-electron chi connectivity index (χ1n) is 7.64. The van der Waals surface area contributed by atoms with Crippen molar-refractivity contribution in [3.05, 3.63) is 11.7 Å². The highest BCUT2D eigenvalue weighted by Crippen LogP contribution is 2.19. The molecule has 2 heterocycles. The molecule has 21 heavy (non-hydrogen) atoms. The largest absolute Gasteiger partial charge is 0.389 e. The summed E-state index contributed by atoms with van der Waals surface area (Å²) in [5.41, 5.74) is -0.705. The molecule has 120 valence electrons. The standard InChI is InChI=1S/C15H28N4O2/c1-14(2,3)13-16-12(21-17-13)10-18-6-8-19(9-7-18)11-15(4,5)20/h20H,6-11H2,1-5H3. The minimum atomic E-state index is -0.629. The fraction of sp³-hybridized carbons (Fsp3) is 0.867. The molecule has 1 N–H and O–H groups in total. The van der Waals surface area contributed by atoms with Crippen LogP contribution >= 0.6 is 0 Å². The van der Waals surface area contributed by atoms with Crippen LogP contribution in [0.3, 0.4) is 0 Å². The summed E-state index contributed by atoms with van der Waals surface area (Å²) in [7, 11) is 0. The van der Waals surface area contributed by atoms with Gasteiger partial charge in [0.1, 0.15) is 0 Å². The smallest absolute Gasteiger partial charge is 0.240 e. The number of aliphatic hydroxyl groups is 1. The summed E-state index contributed by atoms with van der Waals surface area (Å²) >= 11 is 0. The van der Waals surface area contributed by atoms with Crippen LogP contribution in [-0.2, 0) is 12.0 Å². The molecular formula is C15H28N4O2. The van der Waals surface area contributed by atoms with E-state index in [9.17, 15) is 5.11 Å². The predicted molar refractivity (Wildman–Crippen MR) is 81.0 cm³/mol. The summed E-state index contributed by atoms with van der Waals surface area (Å²) in [5, 5.41) is 13.9. The maximum atomic E-state index is 9.86. The van der Waals surface area contributed by atoms with E-state index < -0.39 is 5.60 Å². The van der Waals surface area contributed by atoms with Crippen molar-refractivity contribution in [3.63, 3.8) is 0 Å². The van der Waals surface area contributed by atoms with Crippen molar-refractivity contribution in [3.8, 4) is 0 Å². The van der Waals surface area contributed by atoms with Crippen LogP contribution in [0.2, 0.25) is 0 Å². The van der Waals surface area contributed by atoms with E-state index in [0.29, 0.717) is 12.4 Å². The van der Waals surface area contributed by atoms with E-state index in [4.69, 9.17) is 4.52 Å². The van der Waals surface area contributed by atoms with Gasteiger partial charge in [-0.3, -0.25) is 9.80 Å². The maximum absolute atomic E-state index is 9.86. The molecule has 1 aromatic rings. The second-order valence-electron chi connectivity index (χ2n) is 7.63. The van der Waals surface area contributed by atoms with Gasteiger partial charge >= 0.3 is 0 Å². The molecule has 0 atom stereocenters. The van der Waals surface area contributed by atoms with Gasteiger partial charge in [-0.05, 0) is 13.8 Å². The third-order valence-electron chi connectivity index (χ3n) is 3.57. The summed E-state index contributed by atoms with van der Waals surface area (Å²) in [6.07, 6.45) is 0. The van der Waals surface area contributed by atoms with Gasteiger partial charge in [-0.25, -0.2) is 0 Å². The number of hydrogen-bond donors (Lipinski definition) is 1. The summed E-state index contributed by atoms with van der Waals surface area (Å²) in [4.78, 5) is 9.10. The lowest BCUT2D eigenvalue weighted by Crippen LogP contribution is -2.50. The average Bonchev–Trinajstić information content (AvgIpc) is 2.78. The first-order valence-corrected chi connectivity index (χ1v) is 7.64. The van der Waals surface area contributed by atoms with Gasteiger partial charge in [0.25, 0.3) is 0 Å². The predicted octanol–water partition coefficient (Wildman–Crippen LogP) is 1.26. The molecule has 1 aromatic heterocycles. The number of nitrogens with zero attached hydrogens (tertiary/aromatic N) is 4. The molecule has 1 fully saturated rings. The minimum Gasteiger partial charge on any atom is -0.389 e. The van der Waals surface area contributed by atoms with E-state index >= 15 is 0 Å². The zero-order valence-corrected chi connectivity index (χ0v) is 13.9. The Morgan fingerprint density at radius 1 is 1.05 bits per heavy atom. The molecule has 0 bridgehead atoms. The van der Waals surface area contributed by atoms with Gasteiger partial charge in [0.2, 0.25) is 5.89 Å². The lowest BCUT2D eigenvalue weighted by Gasteiger charge is -2.36. The van der Waals surface area contributed by atoms with Crippen LogP contribution in [0, 0.1) is 0 Å². The molecule has 2 rings (SSSR count). The van der Waals surface area contributed by atoms with Crippen LogP contribution in [0.5, 0.6) is 0 Å². The first kappa shape index (κ1) is 16.4. The van der Waals surface area contributed by atoms with E-state index in [1.165, 1.54) is 0 Å². The van der Waals surface area contributed by atoms with E-state index in [2.05, 4.69) is 40.7 Å². The average molecular weight is 296 g/mol. The highest BCUT2D eigenvalue weighted by Gasteiger charge is 2.25. The Balaban J connectivity index is 1.82. The molecule has 0 saturated carbocycles.